The third kappa shape index (κ3) is 5.84. The monoisotopic (exact) mass is 167 g/mol. The maximum atomic E-state index is 8.58. The summed E-state index contributed by atoms with van der Waals surface area (Å²) in [6.45, 7) is 5.49. The minimum atomic E-state index is 0.0513. The predicted octanol–water partition coefficient (Wildman–Crippen LogP) is 2.79. The molecule has 0 aromatic rings. The van der Waals surface area contributed by atoms with Crippen molar-refractivity contribution in [3.05, 3.63) is 0 Å². The topological polar surface area (TPSA) is 48.5 Å². The molecule has 0 rings (SSSR count). The van der Waals surface area contributed by atoms with Crippen molar-refractivity contribution in [2.24, 2.45) is 16.1 Å². The van der Waals surface area contributed by atoms with Crippen molar-refractivity contribution in [3.8, 4) is 6.07 Å². The highest BCUT2D eigenvalue weighted by molar-refractivity contribution is 4.82. The van der Waals surface area contributed by atoms with Crippen LogP contribution in [0, 0.1) is 17.2 Å². The molecule has 0 spiro atoms. The van der Waals surface area contributed by atoms with Gasteiger partial charge in [0.05, 0.1) is 25.1 Å². The minimum Gasteiger partial charge on any atom is -0.198 e. The van der Waals surface area contributed by atoms with E-state index in [-0.39, 0.29) is 5.92 Å². The lowest BCUT2D eigenvalue weighted by atomic mass is 10.1. The van der Waals surface area contributed by atoms with Crippen molar-refractivity contribution in [2.45, 2.75) is 33.1 Å². The van der Waals surface area contributed by atoms with Gasteiger partial charge in [0.15, 0.2) is 0 Å². The van der Waals surface area contributed by atoms with E-state index in [0.29, 0.717) is 6.54 Å². The van der Waals surface area contributed by atoms with E-state index in [2.05, 4.69) is 23.2 Å². The van der Waals surface area contributed by atoms with Gasteiger partial charge in [-0.05, 0) is 12.8 Å². The van der Waals surface area contributed by atoms with Gasteiger partial charge in [-0.2, -0.15) is 15.5 Å². The van der Waals surface area contributed by atoms with Crippen molar-refractivity contribution in [1.29, 1.82) is 5.26 Å². The van der Waals surface area contributed by atoms with E-state index < -0.39 is 0 Å². The smallest absolute Gasteiger partial charge is 0.0757 e. The fourth-order valence-electron chi connectivity index (χ4n) is 0.717. The van der Waals surface area contributed by atoms with E-state index in [4.69, 9.17) is 5.26 Å². The Hall–Kier alpha value is -0.910. The normalized spacial score (nSPS) is 13.1. The average Bonchev–Trinajstić information content (AvgIpc) is 2.11. The van der Waals surface area contributed by atoms with Gasteiger partial charge < -0.3 is 0 Å². The Kier molecular flexibility index (Phi) is 7.57. The van der Waals surface area contributed by atoms with Crippen LogP contribution in [0.1, 0.15) is 33.1 Å². The van der Waals surface area contributed by atoms with Crippen LogP contribution in [0.15, 0.2) is 10.2 Å². The summed E-state index contributed by atoms with van der Waals surface area (Å²) in [4.78, 5) is 0. The Morgan fingerprint density at radius 2 is 2.08 bits per heavy atom. The number of nitrogens with zero attached hydrogens (tertiary/aromatic N) is 3. The molecule has 0 heterocycles. The molecule has 68 valence electrons. The second kappa shape index (κ2) is 8.19. The lowest BCUT2D eigenvalue weighted by Gasteiger charge is -1.97. The Bertz CT molecular complexity index is 158. The van der Waals surface area contributed by atoms with Crippen molar-refractivity contribution in [3.63, 3.8) is 0 Å². The lowest BCUT2D eigenvalue weighted by molar-refractivity contribution is 0.623. The molecule has 3 nitrogen and oxygen atoms in total. The molecule has 1 unspecified atom stereocenters. The van der Waals surface area contributed by atoms with Gasteiger partial charge in [-0.15, -0.1) is 0 Å². The number of hydrogen-bond donors (Lipinski definition) is 0. The first kappa shape index (κ1) is 11.1. The van der Waals surface area contributed by atoms with Crippen LogP contribution in [-0.4, -0.2) is 13.1 Å². The number of nitriles is 1. The highest BCUT2D eigenvalue weighted by atomic mass is 15.1. The Morgan fingerprint density at radius 3 is 2.58 bits per heavy atom. The van der Waals surface area contributed by atoms with Crippen LogP contribution in [0.3, 0.4) is 0 Å². The zero-order chi connectivity index (χ0) is 9.23. The maximum Gasteiger partial charge on any atom is 0.0757 e. The number of unbranched alkanes of at least 4 members (excludes halogenated alkanes) is 1. The van der Waals surface area contributed by atoms with Crippen molar-refractivity contribution in [1.82, 2.24) is 0 Å². The summed E-state index contributed by atoms with van der Waals surface area (Å²) in [5, 5.41) is 16.5. The van der Waals surface area contributed by atoms with Gasteiger partial charge in [0.2, 0.25) is 0 Å². The second-order valence-electron chi connectivity index (χ2n) is 2.78. The molecule has 0 radical (unpaired) electrons. The highest BCUT2D eigenvalue weighted by Gasteiger charge is 2.00. The summed E-state index contributed by atoms with van der Waals surface area (Å²) in [5.41, 5.74) is 0. The van der Waals surface area contributed by atoms with Crippen LogP contribution < -0.4 is 0 Å². The largest absolute Gasteiger partial charge is 0.198 e. The van der Waals surface area contributed by atoms with E-state index >= 15 is 0 Å². The van der Waals surface area contributed by atoms with Crippen molar-refractivity contribution < 1.29 is 0 Å². The summed E-state index contributed by atoms with van der Waals surface area (Å²) >= 11 is 0. The first-order valence-corrected chi connectivity index (χ1v) is 4.58. The molecule has 1 atom stereocenters. The van der Waals surface area contributed by atoms with E-state index in [9.17, 15) is 0 Å². The average molecular weight is 167 g/mol. The molecule has 3 heteroatoms. The minimum absolute atomic E-state index is 0.0513. The number of azo groups is 1. The van der Waals surface area contributed by atoms with Crippen LogP contribution in [0.25, 0.3) is 0 Å². The van der Waals surface area contributed by atoms with Crippen molar-refractivity contribution in [2.75, 3.05) is 13.1 Å². The highest BCUT2D eigenvalue weighted by Crippen LogP contribution is 2.00. The predicted molar refractivity (Wildman–Crippen MR) is 48.9 cm³/mol. The van der Waals surface area contributed by atoms with Crippen LogP contribution in [0.2, 0.25) is 0 Å². The van der Waals surface area contributed by atoms with Crippen LogP contribution >= 0.6 is 0 Å². The van der Waals surface area contributed by atoms with Crippen LogP contribution in [0.5, 0.6) is 0 Å². The first-order valence-electron chi connectivity index (χ1n) is 4.58. The quantitative estimate of drug-likeness (QED) is 0.443. The SMILES string of the molecule is CCCC/N=N/CC(C#N)CC. The zero-order valence-electron chi connectivity index (χ0n) is 7.95. The van der Waals surface area contributed by atoms with Gasteiger partial charge in [0, 0.05) is 0 Å². The molecule has 0 aromatic carbocycles. The number of rotatable bonds is 6. The standard InChI is InChI=1S/C9H17N3/c1-3-5-6-11-12-8-9(4-2)7-10/h9H,3-6,8H2,1-2H3/b12-11+. The summed E-state index contributed by atoms with van der Waals surface area (Å²) < 4.78 is 0. The van der Waals surface area contributed by atoms with Crippen LogP contribution in [-0.2, 0) is 0 Å². The van der Waals surface area contributed by atoms with Gasteiger partial charge in [-0.3, -0.25) is 0 Å². The van der Waals surface area contributed by atoms with Crippen molar-refractivity contribution >= 4 is 0 Å². The van der Waals surface area contributed by atoms with Gasteiger partial charge in [-0.1, -0.05) is 20.3 Å². The molecule has 0 amide bonds. The molecule has 0 aliphatic carbocycles. The third-order valence-corrected chi connectivity index (χ3v) is 1.69. The molecular weight excluding hydrogens is 150 g/mol. The fourth-order valence-corrected chi connectivity index (χ4v) is 0.717. The zero-order valence-corrected chi connectivity index (χ0v) is 7.95. The molecule has 12 heavy (non-hydrogen) atoms. The van der Waals surface area contributed by atoms with E-state index in [1.807, 2.05) is 6.92 Å². The first-order chi connectivity index (χ1) is 5.85. The molecule has 0 saturated carbocycles. The molecule has 0 aliphatic heterocycles. The maximum absolute atomic E-state index is 8.58. The molecule has 0 aliphatic rings. The lowest BCUT2D eigenvalue weighted by Crippen LogP contribution is -1.98. The Labute approximate surface area is 74.5 Å². The molecule has 0 aromatic heterocycles. The van der Waals surface area contributed by atoms with Gasteiger partial charge in [0.1, 0.15) is 0 Å². The van der Waals surface area contributed by atoms with E-state index in [1.54, 1.807) is 0 Å². The van der Waals surface area contributed by atoms with Gasteiger partial charge >= 0.3 is 0 Å². The van der Waals surface area contributed by atoms with E-state index in [0.717, 1.165) is 25.8 Å². The van der Waals surface area contributed by atoms with Gasteiger partial charge in [-0.25, -0.2) is 0 Å². The summed E-state index contributed by atoms with van der Waals surface area (Å²) in [7, 11) is 0. The summed E-state index contributed by atoms with van der Waals surface area (Å²) in [6, 6.07) is 2.19. The Balaban J connectivity index is 3.39. The summed E-state index contributed by atoms with van der Waals surface area (Å²) in [5.74, 6) is 0.0513. The van der Waals surface area contributed by atoms with Gasteiger partial charge in [0.25, 0.3) is 0 Å². The fraction of sp³-hybridized carbons (Fsp3) is 0.889. The summed E-state index contributed by atoms with van der Waals surface area (Å²) in [6.07, 6.45) is 3.10. The molecule has 0 fully saturated rings. The number of hydrogen-bond acceptors (Lipinski definition) is 3. The molecular formula is C9H17N3. The molecule has 0 bridgehead atoms. The van der Waals surface area contributed by atoms with E-state index in [1.165, 1.54) is 0 Å². The second-order valence-corrected chi connectivity index (χ2v) is 2.78. The molecule has 0 saturated heterocycles. The third-order valence-electron chi connectivity index (χ3n) is 1.69. The van der Waals surface area contributed by atoms with Crippen LogP contribution in [0.4, 0.5) is 0 Å². The Morgan fingerprint density at radius 1 is 1.33 bits per heavy atom. The molecule has 0 N–H and O–H groups in total.